The predicted octanol–water partition coefficient (Wildman–Crippen LogP) is 1.39. The first-order valence-electron chi connectivity index (χ1n) is 3.89. The van der Waals surface area contributed by atoms with E-state index in [4.69, 9.17) is 5.11 Å². The summed E-state index contributed by atoms with van der Waals surface area (Å²) in [5.74, 6) is -0.0180. The second kappa shape index (κ2) is 3.34. The van der Waals surface area contributed by atoms with E-state index >= 15 is 0 Å². The van der Waals surface area contributed by atoms with Gasteiger partial charge in [0.15, 0.2) is 0 Å². The fourth-order valence-electron chi connectivity index (χ4n) is 1.13. The number of hydrogen-bond acceptors (Lipinski definition) is 4. The lowest BCUT2D eigenvalue weighted by Crippen LogP contribution is -2.27. The minimum atomic E-state index is -0.295. The Balaban J connectivity index is 2.34. The van der Waals surface area contributed by atoms with Gasteiger partial charge in [-0.25, -0.2) is 4.90 Å². The molecule has 14 heavy (non-hydrogen) atoms. The molecule has 2 rings (SSSR count). The summed E-state index contributed by atoms with van der Waals surface area (Å²) in [6.07, 6.45) is 0. The maximum atomic E-state index is 11.3. The Morgan fingerprint density at radius 2 is 2.21 bits per heavy atom. The van der Waals surface area contributed by atoms with Crippen LogP contribution in [0.5, 0.6) is 5.75 Å². The van der Waals surface area contributed by atoms with Crippen LogP contribution in [0.4, 0.5) is 10.5 Å². The maximum absolute atomic E-state index is 11.3. The summed E-state index contributed by atoms with van der Waals surface area (Å²) in [6, 6.07) is 6.87. The van der Waals surface area contributed by atoms with Crippen LogP contribution in [0.25, 0.3) is 0 Å². The summed E-state index contributed by atoms with van der Waals surface area (Å²) in [5.41, 5.74) is 0.378. The molecule has 1 fully saturated rings. The third-order valence-corrected chi connectivity index (χ3v) is 2.59. The Morgan fingerprint density at radius 3 is 2.71 bits per heavy atom. The number of phenols is 1. The predicted molar refractivity (Wildman–Crippen MR) is 52.3 cm³/mol. The number of nitrogens with zero attached hydrogens (tertiary/aromatic N) is 1. The number of phenolic OH excluding ortho intramolecular Hbond substituents is 1. The van der Waals surface area contributed by atoms with E-state index in [2.05, 4.69) is 6.07 Å². The highest BCUT2D eigenvalue weighted by molar-refractivity contribution is 8.15. The largest absolute Gasteiger partial charge is 0.508 e. The number of thioether (sulfide) groups is 1. The molecule has 0 unspecified atom stereocenters. The summed E-state index contributed by atoms with van der Waals surface area (Å²) in [7, 11) is 0. The van der Waals surface area contributed by atoms with E-state index in [0.717, 1.165) is 16.7 Å². The van der Waals surface area contributed by atoms with Crippen LogP contribution in [0, 0.1) is 6.07 Å². The molecule has 71 valence electrons. The van der Waals surface area contributed by atoms with Crippen molar-refractivity contribution in [3.05, 3.63) is 24.3 Å². The molecule has 1 heterocycles. The van der Waals surface area contributed by atoms with E-state index in [0.29, 0.717) is 5.69 Å². The summed E-state index contributed by atoms with van der Waals surface area (Å²) in [5, 5.41) is 8.71. The SMILES string of the molecule is O=C1CSC(=O)N1c1[c]cc(O)cc1. The average molecular weight is 208 g/mol. The molecule has 1 N–H and O–H groups in total. The molecule has 1 saturated heterocycles. The van der Waals surface area contributed by atoms with Gasteiger partial charge in [-0.1, -0.05) is 11.8 Å². The van der Waals surface area contributed by atoms with Crippen LogP contribution in [0.3, 0.4) is 0 Å². The van der Waals surface area contributed by atoms with Crippen LogP contribution in [-0.4, -0.2) is 22.0 Å². The molecule has 0 aliphatic carbocycles. The third kappa shape index (κ3) is 1.46. The van der Waals surface area contributed by atoms with Gasteiger partial charge in [-0.05, 0) is 18.2 Å². The molecule has 0 aromatic heterocycles. The average Bonchev–Trinajstić information content (AvgIpc) is 2.49. The molecule has 0 spiro atoms. The normalized spacial score (nSPS) is 16.4. The van der Waals surface area contributed by atoms with Crippen LogP contribution in [0.2, 0.25) is 0 Å². The Bertz CT molecular complexity index is 372. The van der Waals surface area contributed by atoms with Gasteiger partial charge in [0.2, 0.25) is 5.91 Å². The first-order valence-corrected chi connectivity index (χ1v) is 4.87. The van der Waals surface area contributed by atoms with Gasteiger partial charge < -0.3 is 5.11 Å². The minimum absolute atomic E-state index is 0.0560. The molecular formula is C9H6NO3S. The fraction of sp³-hybridized carbons (Fsp3) is 0.111. The number of amides is 2. The molecular weight excluding hydrogens is 202 g/mol. The zero-order chi connectivity index (χ0) is 10.1. The van der Waals surface area contributed by atoms with Crippen molar-refractivity contribution in [2.45, 2.75) is 0 Å². The molecule has 2 amide bonds. The standard InChI is InChI=1S/C9H6NO3S/c11-7-3-1-6(2-4-7)10-8(12)5-14-9(10)13/h1,3-4,11H,5H2. The van der Waals surface area contributed by atoms with Gasteiger partial charge in [0, 0.05) is 6.07 Å². The summed E-state index contributed by atoms with van der Waals surface area (Å²) < 4.78 is 0. The first kappa shape index (κ1) is 9.08. The van der Waals surface area contributed by atoms with E-state index in [1.54, 1.807) is 0 Å². The summed E-state index contributed by atoms with van der Waals surface area (Å²) in [4.78, 5) is 23.6. The van der Waals surface area contributed by atoms with Crippen molar-refractivity contribution >= 4 is 28.6 Å². The highest BCUT2D eigenvalue weighted by atomic mass is 32.2. The number of carbonyl (C=O) groups excluding carboxylic acids is 2. The van der Waals surface area contributed by atoms with Gasteiger partial charge >= 0.3 is 0 Å². The Labute approximate surface area is 84.5 Å². The van der Waals surface area contributed by atoms with E-state index < -0.39 is 0 Å². The second-order valence-corrected chi connectivity index (χ2v) is 3.64. The monoisotopic (exact) mass is 208 g/mol. The van der Waals surface area contributed by atoms with E-state index in [1.165, 1.54) is 18.2 Å². The van der Waals surface area contributed by atoms with E-state index in [-0.39, 0.29) is 22.6 Å². The number of imide groups is 1. The van der Waals surface area contributed by atoms with Crippen LogP contribution in [-0.2, 0) is 4.79 Å². The Morgan fingerprint density at radius 1 is 1.43 bits per heavy atom. The van der Waals surface area contributed by atoms with Crippen molar-refractivity contribution in [1.82, 2.24) is 0 Å². The topological polar surface area (TPSA) is 57.6 Å². The molecule has 1 aromatic rings. The number of benzene rings is 1. The molecule has 0 bridgehead atoms. The number of carbonyl (C=O) groups is 2. The number of rotatable bonds is 1. The van der Waals surface area contributed by atoms with Crippen molar-refractivity contribution < 1.29 is 14.7 Å². The Hall–Kier alpha value is -1.49. The van der Waals surface area contributed by atoms with Crippen LogP contribution < -0.4 is 4.90 Å². The van der Waals surface area contributed by atoms with E-state index in [9.17, 15) is 9.59 Å². The number of aromatic hydroxyl groups is 1. The van der Waals surface area contributed by atoms with Gasteiger partial charge in [0.05, 0.1) is 11.4 Å². The highest BCUT2D eigenvalue weighted by Crippen LogP contribution is 2.26. The van der Waals surface area contributed by atoms with Crippen LogP contribution in [0.1, 0.15) is 0 Å². The lowest BCUT2D eigenvalue weighted by atomic mass is 10.3. The zero-order valence-corrected chi connectivity index (χ0v) is 7.87. The molecule has 4 nitrogen and oxygen atoms in total. The maximum Gasteiger partial charge on any atom is 0.293 e. The van der Waals surface area contributed by atoms with Crippen LogP contribution in [0.15, 0.2) is 18.2 Å². The smallest absolute Gasteiger partial charge is 0.293 e. The molecule has 1 radical (unpaired) electrons. The van der Waals surface area contributed by atoms with Crippen LogP contribution >= 0.6 is 11.8 Å². The summed E-state index contributed by atoms with van der Waals surface area (Å²) >= 11 is 0.967. The van der Waals surface area contributed by atoms with E-state index in [1.807, 2.05) is 0 Å². The van der Waals surface area contributed by atoms with Gasteiger partial charge in [-0.3, -0.25) is 9.59 Å². The van der Waals surface area contributed by atoms with Crippen molar-refractivity contribution in [1.29, 1.82) is 0 Å². The molecule has 1 aromatic carbocycles. The quantitative estimate of drug-likeness (QED) is 0.757. The molecule has 0 saturated carbocycles. The lowest BCUT2D eigenvalue weighted by Gasteiger charge is -2.11. The summed E-state index contributed by atoms with van der Waals surface area (Å²) in [6.45, 7) is 0. The highest BCUT2D eigenvalue weighted by Gasteiger charge is 2.31. The van der Waals surface area contributed by atoms with Gasteiger partial charge in [-0.15, -0.1) is 0 Å². The van der Waals surface area contributed by atoms with Crippen molar-refractivity contribution in [2.75, 3.05) is 10.7 Å². The Kier molecular flexibility index (Phi) is 2.17. The van der Waals surface area contributed by atoms with Gasteiger partial charge in [-0.2, -0.15) is 0 Å². The number of anilines is 1. The number of hydrogen-bond donors (Lipinski definition) is 1. The molecule has 0 atom stereocenters. The van der Waals surface area contributed by atoms with Gasteiger partial charge in [0.1, 0.15) is 5.75 Å². The first-order chi connectivity index (χ1) is 6.68. The molecule has 1 aliphatic heterocycles. The van der Waals surface area contributed by atoms with Crippen molar-refractivity contribution in [3.8, 4) is 5.75 Å². The second-order valence-electron chi connectivity index (χ2n) is 2.72. The zero-order valence-electron chi connectivity index (χ0n) is 7.06. The molecule has 1 aliphatic rings. The van der Waals surface area contributed by atoms with Gasteiger partial charge in [0.25, 0.3) is 5.24 Å². The van der Waals surface area contributed by atoms with Crippen molar-refractivity contribution in [3.63, 3.8) is 0 Å². The third-order valence-electron chi connectivity index (χ3n) is 1.77. The van der Waals surface area contributed by atoms with Crippen molar-refractivity contribution in [2.24, 2.45) is 0 Å². The minimum Gasteiger partial charge on any atom is -0.508 e. The fourth-order valence-corrected chi connectivity index (χ4v) is 1.84. The lowest BCUT2D eigenvalue weighted by molar-refractivity contribution is -0.115. The molecule has 5 heteroatoms.